The molecule has 3 aromatic carbocycles. The number of benzene rings is 3. The summed E-state index contributed by atoms with van der Waals surface area (Å²) >= 11 is 1.45. The molecule has 4 amide bonds. The van der Waals surface area contributed by atoms with Crippen molar-refractivity contribution in [2.75, 3.05) is 11.2 Å². The Morgan fingerprint density at radius 3 is 2.23 bits per heavy atom. The molecule has 0 aromatic heterocycles. The minimum Gasteiger partial charge on any atom is -0.381 e. The predicted molar refractivity (Wildman–Crippen MR) is 172 cm³/mol. The molecule has 0 unspecified atom stereocenters. The fraction of sp³-hybridized carbons (Fsp3) is 0.294. The lowest BCUT2D eigenvalue weighted by molar-refractivity contribution is -0.147. The summed E-state index contributed by atoms with van der Waals surface area (Å²) in [6.45, 7) is 6.06. The highest BCUT2D eigenvalue weighted by Crippen LogP contribution is 2.40. The molecule has 44 heavy (non-hydrogen) atoms. The Balaban J connectivity index is 1.47. The lowest BCUT2D eigenvalue weighted by Crippen LogP contribution is -2.58. The van der Waals surface area contributed by atoms with Crippen LogP contribution in [-0.2, 0) is 32.1 Å². The molecule has 1 saturated heterocycles. The van der Waals surface area contributed by atoms with Crippen LogP contribution < -0.4 is 16.0 Å². The van der Waals surface area contributed by atoms with Gasteiger partial charge in [-0.1, -0.05) is 72.8 Å². The number of para-hydroxylation sites is 1. The monoisotopic (exact) mass is 614 g/mol. The molecule has 0 radical (unpaired) electrons. The maximum atomic E-state index is 13.8. The first-order chi connectivity index (χ1) is 21.0. The lowest BCUT2D eigenvalue weighted by atomic mass is 9.97. The molecule has 0 aliphatic carbocycles. The Labute approximate surface area is 262 Å². The topological polar surface area (TPSA) is 128 Å². The first-order valence-corrected chi connectivity index (χ1v) is 15.4. The number of carbonyl (C=O) groups is 4. The second-order valence-corrected chi connectivity index (χ2v) is 12.8. The van der Waals surface area contributed by atoms with Crippen molar-refractivity contribution < 1.29 is 24.3 Å². The van der Waals surface area contributed by atoms with E-state index in [4.69, 9.17) is 0 Å². The van der Waals surface area contributed by atoms with Gasteiger partial charge in [0.1, 0.15) is 6.04 Å². The van der Waals surface area contributed by atoms with Crippen LogP contribution in [0.5, 0.6) is 0 Å². The van der Waals surface area contributed by atoms with Crippen LogP contribution in [0, 0.1) is 6.92 Å². The zero-order valence-corrected chi connectivity index (χ0v) is 25.8. The number of aliphatic hydroxyl groups is 1. The molecule has 1 heterocycles. The average molecular weight is 615 g/mol. The summed E-state index contributed by atoms with van der Waals surface area (Å²) in [7, 11) is 0. The van der Waals surface area contributed by atoms with Gasteiger partial charge in [-0.15, -0.1) is 11.8 Å². The average Bonchev–Trinajstić information content (AvgIpc) is 3.34. The number of hydrogen-bond donors (Lipinski definition) is 4. The summed E-state index contributed by atoms with van der Waals surface area (Å²) < 4.78 is -0.613. The molecule has 3 atom stereocenters. The van der Waals surface area contributed by atoms with Gasteiger partial charge in [0.05, 0.1) is 11.9 Å². The number of anilines is 1. The fourth-order valence-electron chi connectivity index (χ4n) is 5.04. The van der Waals surface area contributed by atoms with E-state index in [9.17, 15) is 24.3 Å². The lowest BCUT2D eigenvalue weighted by Gasteiger charge is -2.33. The van der Waals surface area contributed by atoms with Gasteiger partial charge in [-0.2, -0.15) is 0 Å². The number of thioether (sulfide) groups is 1. The Hall–Kier alpha value is -4.41. The zero-order chi connectivity index (χ0) is 31.7. The third kappa shape index (κ3) is 8.58. The van der Waals surface area contributed by atoms with Crippen LogP contribution in [0.25, 0.3) is 0 Å². The van der Waals surface area contributed by atoms with Gasteiger partial charge in [0.15, 0.2) is 6.10 Å². The molecule has 10 heteroatoms. The van der Waals surface area contributed by atoms with Crippen LogP contribution >= 0.6 is 11.8 Å². The Morgan fingerprint density at radius 2 is 1.55 bits per heavy atom. The summed E-state index contributed by atoms with van der Waals surface area (Å²) in [6.07, 6.45) is 0.652. The van der Waals surface area contributed by atoms with Gasteiger partial charge in [-0.05, 0) is 56.0 Å². The molecule has 1 fully saturated rings. The minimum absolute atomic E-state index is 0.151. The summed E-state index contributed by atoms with van der Waals surface area (Å²) in [5.74, 6) is -1.93. The number of aliphatic hydroxyl groups excluding tert-OH is 1. The molecule has 4 rings (SSSR count). The highest BCUT2D eigenvalue weighted by atomic mass is 32.2. The molecule has 3 aromatic rings. The van der Waals surface area contributed by atoms with Crippen LogP contribution in [0.4, 0.5) is 5.69 Å². The van der Waals surface area contributed by atoms with E-state index in [-0.39, 0.29) is 18.2 Å². The van der Waals surface area contributed by atoms with Crippen molar-refractivity contribution in [3.63, 3.8) is 0 Å². The molecule has 4 N–H and O–H groups in total. The van der Waals surface area contributed by atoms with Crippen LogP contribution in [0.3, 0.4) is 0 Å². The Bertz CT molecular complexity index is 1500. The van der Waals surface area contributed by atoms with Crippen molar-refractivity contribution >= 4 is 41.1 Å². The second kappa shape index (κ2) is 14.9. The third-order valence-corrected chi connectivity index (χ3v) is 8.85. The van der Waals surface area contributed by atoms with Crippen molar-refractivity contribution in [1.82, 2.24) is 15.5 Å². The first-order valence-electron chi connectivity index (χ1n) is 14.4. The number of amides is 4. The summed E-state index contributed by atoms with van der Waals surface area (Å²) in [5.41, 5.74) is 3.38. The number of hydrogen-bond acceptors (Lipinski definition) is 6. The van der Waals surface area contributed by atoms with Crippen molar-refractivity contribution in [3.8, 4) is 0 Å². The maximum Gasteiger partial charge on any atom is 0.254 e. The third-order valence-electron chi connectivity index (χ3n) is 7.48. The highest BCUT2D eigenvalue weighted by Gasteiger charge is 2.49. The molecule has 0 saturated carbocycles. The molecular formula is C34H38N4O5S. The number of rotatable bonds is 11. The summed E-state index contributed by atoms with van der Waals surface area (Å²) in [5, 5.41) is 19.7. The number of aryl methyl sites for hydroxylation is 1. The van der Waals surface area contributed by atoms with Crippen molar-refractivity contribution in [2.24, 2.45) is 0 Å². The Morgan fingerprint density at radius 1 is 0.932 bits per heavy atom. The number of nitrogens with one attached hydrogen (secondary N) is 3. The van der Waals surface area contributed by atoms with Gasteiger partial charge in [-0.3, -0.25) is 19.2 Å². The largest absolute Gasteiger partial charge is 0.381 e. The zero-order valence-electron chi connectivity index (χ0n) is 25.0. The number of carbonyl (C=O) groups excluding carboxylic acids is 4. The summed E-state index contributed by atoms with van der Waals surface area (Å²) in [6, 6.07) is 23.8. The first kappa shape index (κ1) is 32.5. The van der Waals surface area contributed by atoms with Crippen LogP contribution in [-0.4, -0.2) is 62.4 Å². The molecule has 9 nitrogen and oxygen atoms in total. The van der Waals surface area contributed by atoms with E-state index in [2.05, 4.69) is 16.0 Å². The Kier molecular flexibility index (Phi) is 11.0. The van der Waals surface area contributed by atoms with Gasteiger partial charge >= 0.3 is 0 Å². The van der Waals surface area contributed by atoms with E-state index >= 15 is 0 Å². The smallest absolute Gasteiger partial charge is 0.254 e. The predicted octanol–water partition coefficient (Wildman–Crippen LogP) is 3.57. The van der Waals surface area contributed by atoms with Gasteiger partial charge in [0.25, 0.3) is 5.91 Å². The SMILES string of the molecule is Cc1ccccc1CNC(=O)[C@H]1N(C(=O)[C@@H](O)[C@H](Cc2ccccc2)NC(=O)/C=C/C(=O)Nc2ccccc2)CSC1(C)C. The highest BCUT2D eigenvalue weighted by molar-refractivity contribution is 8.00. The van der Waals surface area contributed by atoms with E-state index < -0.39 is 40.7 Å². The molecular weight excluding hydrogens is 576 g/mol. The number of nitrogens with zero attached hydrogens (tertiary/aromatic N) is 1. The van der Waals surface area contributed by atoms with Crippen LogP contribution in [0.1, 0.15) is 30.5 Å². The maximum absolute atomic E-state index is 13.8. The van der Waals surface area contributed by atoms with Crippen molar-refractivity contribution in [2.45, 2.75) is 56.7 Å². The fourth-order valence-corrected chi connectivity index (χ4v) is 6.18. The molecule has 1 aliphatic rings. The molecule has 0 spiro atoms. The van der Waals surface area contributed by atoms with Gasteiger partial charge < -0.3 is 26.0 Å². The molecule has 230 valence electrons. The van der Waals surface area contributed by atoms with Gasteiger partial charge in [0, 0.05) is 29.1 Å². The van der Waals surface area contributed by atoms with E-state index in [0.29, 0.717) is 12.2 Å². The van der Waals surface area contributed by atoms with E-state index in [1.54, 1.807) is 24.3 Å². The quantitative estimate of drug-likeness (QED) is 0.245. The molecule has 0 bridgehead atoms. The van der Waals surface area contributed by atoms with Crippen molar-refractivity contribution in [3.05, 3.63) is 114 Å². The normalized spacial score (nSPS) is 17.1. The standard InChI is InChI=1S/C34H38N4O5S/c1-23-12-10-11-15-25(23)21-35-32(42)31-34(2,3)44-22-38(31)33(43)30(41)27(20-24-13-6-4-7-14-24)37-29(40)19-18-28(39)36-26-16-8-5-9-17-26/h4-19,27,30-31,41H,20-22H2,1-3H3,(H,35,42)(H,36,39)(H,37,40)/b19-18+/t27-,30-,31+/m0/s1. The molecule has 1 aliphatic heterocycles. The van der Waals surface area contributed by atoms with Gasteiger partial charge in [0.2, 0.25) is 17.7 Å². The van der Waals surface area contributed by atoms with E-state index in [1.165, 1.54) is 16.7 Å². The van der Waals surface area contributed by atoms with Gasteiger partial charge in [-0.25, -0.2) is 0 Å². The van der Waals surface area contributed by atoms with E-state index in [0.717, 1.165) is 28.8 Å². The second-order valence-electron chi connectivity index (χ2n) is 11.2. The van der Waals surface area contributed by atoms with Crippen molar-refractivity contribution in [1.29, 1.82) is 0 Å². The van der Waals surface area contributed by atoms with Crippen LogP contribution in [0.15, 0.2) is 97.1 Å². The van der Waals surface area contributed by atoms with Crippen LogP contribution in [0.2, 0.25) is 0 Å². The minimum atomic E-state index is -1.65. The van der Waals surface area contributed by atoms with E-state index in [1.807, 2.05) is 81.4 Å². The summed E-state index contributed by atoms with van der Waals surface area (Å²) in [4.78, 5) is 53.9.